The number of hydrogen-bond acceptors (Lipinski definition) is 2. The van der Waals surface area contributed by atoms with Gasteiger partial charge in [0.25, 0.3) is 5.91 Å². The van der Waals surface area contributed by atoms with Crippen molar-refractivity contribution < 1.29 is 9.18 Å². The number of halogens is 1. The molecule has 1 atom stereocenters. The third kappa shape index (κ3) is 4.32. The number of anilines is 1. The topological polar surface area (TPSA) is 41.1 Å². The van der Waals surface area contributed by atoms with E-state index in [0.29, 0.717) is 5.56 Å². The molecular weight excluding hydrogens is 279 g/mol. The number of carbonyl (C=O) groups excluding carboxylic acids is 1. The number of hydrogen-bond donors (Lipinski definition) is 2. The lowest BCUT2D eigenvalue weighted by atomic mass is 10.1. The van der Waals surface area contributed by atoms with Crippen molar-refractivity contribution in [3.63, 3.8) is 0 Å². The zero-order valence-electron chi connectivity index (χ0n) is 12.9. The van der Waals surface area contributed by atoms with E-state index in [9.17, 15) is 9.18 Å². The van der Waals surface area contributed by atoms with E-state index in [1.807, 2.05) is 19.1 Å². The second-order valence-corrected chi connectivity index (χ2v) is 5.25. The van der Waals surface area contributed by atoms with Gasteiger partial charge in [-0.2, -0.15) is 0 Å². The van der Waals surface area contributed by atoms with Crippen LogP contribution in [-0.4, -0.2) is 12.5 Å². The summed E-state index contributed by atoms with van der Waals surface area (Å²) in [5.74, 6) is -0.420. The molecule has 4 heteroatoms. The van der Waals surface area contributed by atoms with E-state index in [2.05, 4.69) is 17.6 Å². The standard InChI is InChI=1S/C18H21FN2O/c1-3-12-20-17-10-6-15(7-11-17)18(22)21-13(2)14-4-8-16(19)9-5-14/h4-11,13,20H,3,12H2,1-2H3,(H,21,22)/t13-/m0/s1. The molecule has 0 bridgehead atoms. The molecule has 0 unspecified atom stereocenters. The smallest absolute Gasteiger partial charge is 0.251 e. The van der Waals surface area contributed by atoms with Crippen LogP contribution in [0.1, 0.15) is 42.2 Å². The molecule has 2 aromatic carbocycles. The van der Waals surface area contributed by atoms with Gasteiger partial charge in [-0.05, 0) is 55.3 Å². The summed E-state index contributed by atoms with van der Waals surface area (Å²) in [5.41, 5.74) is 2.48. The van der Waals surface area contributed by atoms with Gasteiger partial charge in [0.15, 0.2) is 0 Å². The Bertz CT molecular complexity index is 608. The minimum Gasteiger partial charge on any atom is -0.385 e. The summed E-state index contributed by atoms with van der Waals surface area (Å²) in [6.45, 7) is 4.89. The maximum Gasteiger partial charge on any atom is 0.251 e. The first-order chi connectivity index (χ1) is 10.6. The molecule has 0 aromatic heterocycles. The second kappa shape index (κ2) is 7.59. The Morgan fingerprint density at radius 3 is 2.32 bits per heavy atom. The summed E-state index contributed by atoms with van der Waals surface area (Å²) >= 11 is 0. The summed E-state index contributed by atoms with van der Waals surface area (Å²) in [5, 5.41) is 6.18. The van der Waals surface area contributed by atoms with Gasteiger partial charge >= 0.3 is 0 Å². The number of rotatable bonds is 6. The van der Waals surface area contributed by atoms with Gasteiger partial charge in [-0.25, -0.2) is 4.39 Å². The third-order valence-corrected chi connectivity index (χ3v) is 3.44. The lowest BCUT2D eigenvalue weighted by Gasteiger charge is -2.14. The van der Waals surface area contributed by atoms with E-state index in [1.165, 1.54) is 12.1 Å². The van der Waals surface area contributed by atoms with Crippen molar-refractivity contribution in [3.05, 3.63) is 65.5 Å². The zero-order valence-corrected chi connectivity index (χ0v) is 12.9. The first-order valence-corrected chi connectivity index (χ1v) is 7.50. The molecule has 1 amide bonds. The van der Waals surface area contributed by atoms with Crippen molar-refractivity contribution in [1.29, 1.82) is 0 Å². The maximum atomic E-state index is 12.9. The van der Waals surface area contributed by atoms with Crippen LogP contribution in [0.15, 0.2) is 48.5 Å². The number of benzene rings is 2. The molecule has 2 aromatic rings. The largest absolute Gasteiger partial charge is 0.385 e. The summed E-state index contributed by atoms with van der Waals surface area (Å²) < 4.78 is 12.9. The van der Waals surface area contributed by atoms with Gasteiger partial charge in [-0.15, -0.1) is 0 Å². The van der Waals surface area contributed by atoms with Crippen LogP contribution in [0.2, 0.25) is 0 Å². The molecule has 3 nitrogen and oxygen atoms in total. The lowest BCUT2D eigenvalue weighted by molar-refractivity contribution is 0.0940. The Labute approximate surface area is 130 Å². The van der Waals surface area contributed by atoms with Crippen LogP contribution in [0, 0.1) is 5.82 Å². The SMILES string of the molecule is CCCNc1ccc(C(=O)N[C@@H](C)c2ccc(F)cc2)cc1. The van der Waals surface area contributed by atoms with E-state index in [0.717, 1.165) is 24.2 Å². The van der Waals surface area contributed by atoms with E-state index < -0.39 is 0 Å². The number of nitrogens with one attached hydrogen (secondary N) is 2. The molecule has 116 valence electrons. The van der Waals surface area contributed by atoms with Crippen LogP contribution in [0.3, 0.4) is 0 Å². The molecule has 0 saturated heterocycles. The summed E-state index contributed by atoms with van der Waals surface area (Å²) in [6, 6.07) is 13.4. The van der Waals surface area contributed by atoms with Crippen molar-refractivity contribution >= 4 is 11.6 Å². The quantitative estimate of drug-likeness (QED) is 0.842. The fraction of sp³-hybridized carbons (Fsp3) is 0.278. The van der Waals surface area contributed by atoms with Crippen LogP contribution >= 0.6 is 0 Å². The minimum atomic E-state index is -0.280. The Morgan fingerprint density at radius 2 is 1.73 bits per heavy atom. The predicted octanol–water partition coefficient (Wildman–Crippen LogP) is 4.14. The van der Waals surface area contributed by atoms with Crippen molar-refractivity contribution in [2.45, 2.75) is 26.3 Å². The molecule has 0 heterocycles. The minimum absolute atomic E-state index is 0.140. The number of amides is 1. The second-order valence-electron chi connectivity index (χ2n) is 5.25. The van der Waals surface area contributed by atoms with Crippen LogP contribution in [-0.2, 0) is 0 Å². The summed E-state index contributed by atoms with van der Waals surface area (Å²) in [6.07, 6.45) is 1.05. The Kier molecular flexibility index (Phi) is 5.53. The monoisotopic (exact) mass is 300 g/mol. The molecule has 0 saturated carbocycles. The van der Waals surface area contributed by atoms with Crippen molar-refractivity contribution in [3.8, 4) is 0 Å². The number of carbonyl (C=O) groups is 1. The highest BCUT2D eigenvalue weighted by Crippen LogP contribution is 2.15. The van der Waals surface area contributed by atoms with Gasteiger partial charge in [0, 0.05) is 17.8 Å². The molecule has 0 fully saturated rings. The Morgan fingerprint density at radius 1 is 1.09 bits per heavy atom. The Hall–Kier alpha value is -2.36. The average molecular weight is 300 g/mol. The molecule has 22 heavy (non-hydrogen) atoms. The van der Waals surface area contributed by atoms with Crippen LogP contribution in [0.25, 0.3) is 0 Å². The van der Waals surface area contributed by atoms with Gasteiger partial charge in [-0.1, -0.05) is 19.1 Å². The first-order valence-electron chi connectivity index (χ1n) is 7.50. The fourth-order valence-electron chi connectivity index (χ4n) is 2.12. The van der Waals surface area contributed by atoms with Gasteiger partial charge in [-0.3, -0.25) is 4.79 Å². The van der Waals surface area contributed by atoms with E-state index in [-0.39, 0.29) is 17.8 Å². The van der Waals surface area contributed by atoms with E-state index in [1.54, 1.807) is 24.3 Å². The molecule has 0 aliphatic rings. The highest BCUT2D eigenvalue weighted by atomic mass is 19.1. The van der Waals surface area contributed by atoms with Crippen LogP contribution in [0.4, 0.5) is 10.1 Å². The summed E-state index contributed by atoms with van der Waals surface area (Å²) in [7, 11) is 0. The molecule has 0 spiro atoms. The van der Waals surface area contributed by atoms with Crippen LogP contribution < -0.4 is 10.6 Å². The van der Waals surface area contributed by atoms with E-state index >= 15 is 0 Å². The van der Waals surface area contributed by atoms with Crippen molar-refractivity contribution in [2.24, 2.45) is 0 Å². The van der Waals surface area contributed by atoms with Crippen molar-refractivity contribution in [2.75, 3.05) is 11.9 Å². The van der Waals surface area contributed by atoms with Gasteiger partial charge in [0.2, 0.25) is 0 Å². The third-order valence-electron chi connectivity index (χ3n) is 3.44. The van der Waals surface area contributed by atoms with E-state index in [4.69, 9.17) is 0 Å². The fourth-order valence-corrected chi connectivity index (χ4v) is 2.12. The Balaban J connectivity index is 1.97. The van der Waals surface area contributed by atoms with Gasteiger partial charge in [0.05, 0.1) is 6.04 Å². The lowest BCUT2D eigenvalue weighted by Crippen LogP contribution is -2.26. The molecule has 2 N–H and O–H groups in total. The normalized spacial score (nSPS) is 11.8. The summed E-state index contributed by atoms with van der Waals surface area (Å²) in [4.78, 5) is 12.2. The van der Waals surface area contributed by atoms with Crippen LogP contribution in [0.5, 0.6) is 0 Å². The highest BCUT2D eigenvalue weighted by Gasteiger charge is 2.11. The predicted molar refractivity (Wildman–Crippen MR) is 87.5 cm³/mol. The molecule has 0 aliphatic heterocycles. The van der Waals surface area contributed by atoms with Crippen molar-refractivity contribution in [1.82, 2.24) is 5.32 Å². The highest BCUT2D eigenvalue weighted by molar-refractivity contribution is 5.94. The van der Waals surface area contributed by atoms with Gasteiger partial charge < -0.3 is 10.6 Å². The zero-order chi connectivity index (χ0) is 15.9. The average Bonchev–Trinajstić information content (AvgIpc) is 2.54. The molecule has 0 aliphatic carbocycles. The van der Waals surface area contributed by atoms with Gasteiger partial charge in [0.1, 0.15) is 5.82 Å². The molecular formula is C18H21FN2O. The molecule has 0 radical (unpaired) electrons. The first kappa shape index (κ1) is 16.0. The molecule has 2 rings (SSSR count). The maximum absolute atomic E-state index is 12.9.